The molecule has 7 nitrogen and oxygen atoms in total. The lowest BCUT2D eigenvalue weighted by Gasteiger charge is -1.97. The summed E-state index contributed by atoms with van der Waals surface area (Å²) in [5.41, 5.74) is 1.25. The minimum absolute atomic E-state index is 0. The summed E-state index contributed by atoms with van der Waals surface area (Å²) in [5, 5.41) is 10.7. The first-order valence-electron chi connectivity index (χ1n) is 7.33. The number of thiazole rings is 1. The molecule has 0 radical (unpaired) electrons. The Kier molecular flexibility index (Phi) is 6.17. The molecule has 2 aromatic rings. The summed E-state index contributed by atoms with van der Waals surface area (Å²) in [6.45, 7) is 3.71. The predicted octanol–water partition coefficient (Wildman–Crippen LogP) is 0.220. The van der Waals surface area contributed by atoms with Gasteiger partial charge in [0.15, 0.2) is 4.88 Å². The standard InChI is InChI=1S/C16H13N2O5S2.ClH/c1-3-23-15(20)13-9(2)17-14(19)12(24-16(17)25-13)8-10-4-6-11(7-5-10)18(21)22;/h4-8H,3H2,1-2H3;1H/q+1;/p-1/b12-8+;. The van der Waals surface area contributed by atoms with E-state index >= 15 is 0 Å². The van der Waals surface area contributed by atoms with Crippen molar-refractivity contribution in [2.45, 2.75) is 18.2 Å². The number of carbonyl (C=O) groups is 2. The molecule has 10 heteroatoms. The van der Waals surface area contributed by atoms with Crippen molar-refractivity contribution in [3.05, 3.63) is 55.4 Å². The van der Waals surface area contributed by atoms with Gasteiger partial charge in [-0.2, -0.15) is 0 Å². The van der Waals surface area contributed by atoms with Gasteiger partial charge >= 0.3 is 16.2 Å². The van der Waals surface area contributed by atoms with Gasteiger partial charge in [-0.1, -0.05) is 0 Å². The molecule has 3 rings (SSSR count). The third kappa shape index (κ3) is 3.64. The van der Waals surface area contributed by atoms with E-state index in [4.69, 9.17) is 4.74 Å². The van der Waals surface area contributed by atoms with Crippen LogP contribution in [0.25, 0.3) is 6.08 Å². The first-order valence-corrected chi connectivity index (χ1v) is 8.97. The number of nitrogens with zero attached hydrogens (tertiary/aromatic N) is 2. The molecule has 0 amide bonds. The minimum Gasteiger partial charge on any atom is -1.00 e. The number of ether oxygens (including phenoxy) is 1. The van der Waals surface area contributed by atoms with Crippen molar-refractivity contribution in [1.29, 1.82) is 0 Å². The maximum Gasteiger partial charge on any atom is 0.433 e. The highest BCUT2D eigenvalue weighted by Gasteiger charge is 2.42. The predicted molar refractivity (Wildman–Crippen MR) is 92.8 cm³/mol. The van der Waals surface area contributed by atoms with Crippen molar-refractivity contribution in [3.8, 4) is 0 Å². The molecule has 1 aromatic carbocycles. The number of nitro groups is 1. The molecule has 136 valence electrons. The Balaban J connectivity index is 0.00000243. The van der Waals surface area contributed by atoms with Crippen LogP contribution in [0.1, 0.15) is 32.6 Å². The Morgan fingerprint density at radius 1 is 1.35 bits per heavy atom. The normalized spacial score (nSPS) is 14.1. The molecule has 1 aromatic heterocycles. The van der Waals surface area contributed by atoms with E-state index in [2.05, 4.69) is 0 Å². The third-order valence-corrected chi connectivity index (χ3v) is 5.90. The van der Waals surface area contributed by atoms with Crippen LogP contribution in [-0.4, -0.2) is 23.4 Å². The SMILES string of the molecule is CCOC(=O)c1sc2[n+](c1C)C(=O)/C(=C\c1ccc([N+](=O)[O-])cc1)S2.[Cl-]. The van der Waals surface area contributed by atoms with Crippen LogP contribution in [0.2, 0.25) is 0 Å². The highest BCUT2D eigenvalue weighted by atomic mass is 35.5. The zero-order valence-electron chi connectivity index (χ0n) is 13.7. The molecule has 26 heavy (non-hydrogen) atoms. The Hall–Kier alpha value is -2.23. The van der Waals surface area contributed by atoms with E-state index in [9.17, 15) is 19.7 Å². The number of aromatic nitrogens is 1. The lowest BCUT2D eigenvalue weighted by atomic mass is 10.2. The molecule has 0 N–H and O–H groups in total. The summed E-state index contributed by atoms with van der Waals surface area (Å²) in [6.07, 6.45) is 1.68. The lowest BCUT2D eigenvalue weighted by Crippen LogP contribution is -3.00. The minimum atomic E-state index is -0.472. The first-order chi connectivity index (χ1) is 11.9. The van der Waals surface area contributed by atoms with E-state index in [-0.39, 0.29) is 30.6 Å². The Morgan fingerprint density at radius 3 is 2.54 bits per heavy atom. The zero-order chi connectivity index (χ0) is 18.1. The van der Waals surface area contributed by atoms with Gasteiger partial charge in [-0.25, -0.2) is 9.59 Å². The van der Waals surface area contributed by atoms with E-state index in [1.807, 2.05) is 0 Å². The Morgan fingerprint density at radius 2 is 2.00 bits per heavy atom. The number of hydrogen-bond donors (Lipinski definition) is 0. The van der Waals surface area contributed by atoms with E-state index in [1.54, 1.807) is 32.1 Å². The number of carbonyl (C=O) groups excluding carboxylic acids is 2. The van der Waals surface area contributed by atoms with Gasteiger partial charge in [0, 0.05) is 30.8 Å². The van der Waals surface area contributed by atoms with Gasteiger partial charge in [-0.05, 0) is 42.0 Å². The smallest absolute Gasteiger partial charge is 0.433 e. The van der Waals surface area contributed by atoms with Gasteiger partial charge in [0.05, 0.1) is 11.5 Å². The highest BCUT2D eigenvalue weighted by molar-refractivity contribution is 8.05. The topological polar surface area (TPSA) is 90.4 Å². The van der Waals surface area contributed by atoms with Crippen LogP contribution >= 0.6 is 23.1 Å². The van der Waals surface area contributed by atoms with E-state index in [1.165, 1.54) is 39.8 Å². The number of halogens is 1. The molecule has 1 aliphatic rings. The molecular weight excluding hydrogens is 400 g/mol. The Labute approximate surface area is 163 Å². The number of non-ortho nitro benzene ring substituents is 1. The third-order valence-electron chi connectivity index (χ3n) is 3.51. The molecule has 2 heterocycles. The van der Waals surface area contributed by atoms with Gasteiger partial charge in [-0.15, -0.1) is 4.57 Å². The summed E-state index contributed by atoms with van der Waals surface area (Å²) >= 11 is 2.49. The largest absolute Gasteiger partial charge is 1.00 e. The molecule has 0 spiro atoms. The number of hydrogen-bond acceptors (Lipinski definition) is 7. The van der Waals surface area contributed by atoms with Gasteiger partial charge in [0.1, 0.15) is 4.91 Å². The maximum atomic E-state index is 12.6. The van der Waals surface area contributed by atoms with Crippen molar-refractivity contribution in [2.75, 3.05) is 6.61 Å². The molecule has 0 atom stereocenters. The summed E-state index contributed by atoms with van der Waals surface area (Å²) in [7, 11) is 0. The van der Waals surface area contributed by atoms with Crippen LogP contribution in [0, 0.1) is 17.0 Å². The van der Waals surface area contributed by atoms with E-state index in [0.29, 0.717) is 25.4 Å². The molecule has 0 unspecified atom stereocenters. The van der Waals surface area contributed by atoms with Crippen LogP contribution in [0.3, 0.4) is 0 Å². The van der Waals surface area contributed by atoms with Crippen LogP contribution in [0.4, 0.5) is 5.69 Å². The fourth-order valence-corrected chi connectivity index (χ4v) is 4.74. The quantitative estimate of drug-likeness (QED) is 0.234. The fraction of sp³-hybridized carbons (Fsp3) is 0.188. The van der Waals surface area contributed by atoms with Crippen LogP contribution in [0.15, 0.2) is 33.5 Å². The molecule has 0 saturated carbocycles. The van der Waals surface area contributed by atoms with Gasteiger partial charge in [-0.3, -0.25) is 10.1 Å². The van der Waals surface area contributed by atoms with Gasteiger partial charge < -0.3 is 17.1 Å². The average Bonchev–Trinajstić information content (AvgIpc) is 3.06. The van der Waals surface area contributed by atoms with Crippen molar-refractivity contribution in [1.82, 2.24) is 0 Å². The number of benzene rings is 1. The van der Waals surface area contributed by atoms with E-state index in [0.717, 1.165) is 0 Å². The second kappa shape index (κ2) is 7.98. The monoisotopic (exact) mass is 412 g/mol. The van der Waals surface area contributed by atoms with Crippen LogP contribution in [0.5, 0.6) is 0 Å². The average molecular weight is 413 g/mol. The molecule has 0 bridgehead atoms. The van der Waals surface area contributed by atoms with E-state index < -0.39 is 10.9 Å². The number of rotatable bonds is 4. The van der Waals surface area contributed by atoms with Gasteiger partial charge in [0.25, 0.3) is 5.69 Å². The lowest BCUT2D eigenvalue weighted by molar-refractivity contribution is -0.606. The highest BCUT2D eigenvalue weighted by Crippen LogP contribution is 2.38. The van der Waals surface area contributed by atoms with Crippen molar-refractivity contribution < 1.29 is 36.2 Å². The Bertz CT molecular complexity index is 921. The zero-order valence-corrected chi connectivity index (χ0v) is 16.1. The molecular formula is C16H13ClN2O5S2. The molecule has 1 aliphatic heterocycles. The fourth-order valence-electron chi connectivity index (χ4n) is 2.32. The van der Waals surface area contributed by atoms with Crippen molar-refractivity contribution in [2.24, 2.45) is 0 Å². The summed E-state index contributed by atoms with van der Waals surface area (Å²) in [4.78, 5) is 35.7. The number of fused-ring (bicyclic) bond motifs is 1. The number of allylic oxidation sites excluding steroid dienone is 1. The van der Waals surface area contributed by atoms with Crippen LogP contribution < -0.4 is 17.0 Å². The number of nitro benzene ring substituents is 1. The number of thioether (sulfide) groups is 1. The molecule has 0 fully saturated rings. The number of esters is 1. The second-order valence-corrected chi connectivity index (χ2v) is 7.39. The summed E-state index contributed by atoms with van der Waals surface area (Å²) < 4.78 is 7.19. The second-order valence-electron chi connectivity index (χ2n) is 5.10. The maximum absolute atomic E-state index is 12.6. The summed E-state index contributed by atoms with van der Waals surface area (Å²) in [6, 6.07) is 5.97. The first kappa shape index (κ1) is 20.1. The molecule has 0 saturated heterocycles. The van der Waals surface area contributed by atoms with Crippen molar-refractivity contribution >= 4 is 46.7 Å². The summed E-state index contributed by atoms with van der Waals surface area (Å²) in [5.74, 6) is -0.649. The van der Waals surface area contributed by atoms with Gasteiger partial charge in [0.2, 0.25) is 5.69 Å². The molecule has 0 aliphatic carbocycles. The van der Waals surface area contributed by atoms with Crippen molar-refractivity contribution in [3.63, 3.8) is 0 Å². The van der Waals surface area contributed by atoms with Crippen LogP contribution in [-0.2, 0) is 4.74 Å².